The number of halogens is 2. The van der Waals surface area contributed by atoms with Gasteiger partial charge in [-0.1, -0.05) is 6.07 Å². The molecule has 1 N–H and O–H groups in total. The number of aromatic hydroxyl groups is 1. The summed E-state index contributed by atoms with van der Waals surface area (Å²) in [5.41, 5.74) is 1.30. The number of carbonyl (C=O) groups is 2. The number of carbonyl (C=O) groups excluding carboxylic acids is 2. The minimum absolute atomic E-state index is 0.0215. The number of phenolic OH excluding ortho intramolecular Hbond substituents is 1. The Balaban J connectivity index is 1.58. The van der Waals surface area contributed by atoms with Crippen LogP contribution in [0.4, 0.5) is 20.3 Å². The summed E-state index contributed by atoms with van der Waals surface area (Å²) in [6.07, 6.45) is 6.58. The Morgan fingerprint density at radius 1 is 1.07 bits per heavy atom. The molecular formula is C30H31F2N7O3. The average Bonchev–Trinajstić information content (AvgIpc) is 3.90. The van der Waals surface area contributed by atoms with Crippen molar-refractivity contribution in [3.8, 4) is 17.0 Å². The van der Waals surface area contributed by atoms with Crippen molar-refractivity contribution in [1.29, 1.82) is 0 Å². The Hall–Kier alpha value is -4.48. The first-order chi connectivity index (χ1) is 20.4. The fourth-order valence-electron chi connectivity index (χ4n) is 5.72. The van der Waals surface area contributed by atoms with Gasteiger partial charge in [-0.3, -0.25) is 19.5 Å². The number of hydrogen-bond acceptors (Lipinski definition) is 7. The summed E-state index contributed by atoms with van der Waals surface area (Å²) >= 11 is 0. The highest BCUT2D eigenvalue weighted by molar-refractivity contribution is 6.07. The summed E-state index contributed by atoms with van der Waals surface area (Å²) in [4.78, 5) is 47.6. The number of benzene rings is 1. The van der Waals surface area contributed by atoms with Gasteiger partial charge < -0.3 is 14.9 Å². The molecule has 1 saturated heterocycles. The molecule has 218 valence electrons. The molecule has 1 unspecified atom stereocenters. The summed E-state index contributed by atoms with van der Waals surface area (Å²) in [6.45, 7) is 3.20. The van der Waals surface area contributed by atoms with E-state index >= 15 is 8.78 Å². The van der Waals surface area contributed by atoms with Crippen molar-refractivity contribution in [2.75, 3.05) is 31.6 Å². The van der Waals surface area contributed by atoms with E-state index in [1.165, 1.54) is 29.4 Å². The first kappa shape index (κ1) is 27.7. The summed E-state index contributed by atoms with van der Waals surface area (Å²) in [5.74, 6) is -1.55. The lowest BCUT2D eigenvalue weighted by Crippen LogP contribution is -2.54. The van der Waals surface area contributed by atoms with Crippen molar-refractivity contribution < 1.29 is 23.5 Å². The molecule has 12 heteroatoms. The Labute approximate surface area is 241 Å². The van der Waals surface area contributed by atoms with Crippen molar-refractivity contribution in [2.45, 2.75) is 50.5 Å². The van der Waals surface area contributed by atoms with Gasteiger partial charge in [0.15, 0.2) is 11.6 Å². The average molecular weight is 576 g/mol. The molecule has 3 fully saturated rings. The van der Waals surface area contributed by atoms with E-state index in [0.717, 1.165) is 38.2 Å². The maximum atomic E-state index is 16.0. The number of amidine groups is 1. The Kier molecular flexibility index (Phi) is 7.29. The lowest BCUT2D eigenvalue weighted by Gasteiger charge is -2.40. The Morgan fingerprint density at radius 3 is 2.31 bits per heavy atom. The summed E-state index contributed by atoms with van der Waals surface area (Å²) in [6, 6.07) is 4.67. The second-order valence-corrected chi connectivity index (χ2v) is 11.0. The summed E-state index contributed by atoms with van der Waals surface area (Å²) < 4.78 is 31.0. The second-order valence-electron chi connectivity index (χ2n) is 11.0. The van der Waals surface area contributed by atoms with Gasteiger partial charge in [-0.05, 0) is 50.8 Å². The van der Waals surface area contributed by atoms with E-state index in [0.29, 0.717) is 49.0 Å². The molecule has 0 bridgehead atoms. The molecule has 3 heterocycles. The Morgan fingerprint density at radius 2 is 1.76 bits per heavy atom. The van der Waals surface area contributed by atoms with Crippen molar-refractivity contribution in [3.63, 3.8) is 0 Å². The number of hydrogen-bond donors (Lipinski definition) is 1. The van der Waals surface area contributed by atoms with Crippen LogP contribution in [-0.2, 0) is 9.59 Å². The van der Waals surface area contributed by atoms with E-state index < -0.39 is 28.6 Å². The van der Waals surface area contributed by atoms with Crippen LogP contribution in [0.15, 0.2) is 35.6 Å². The number of anilines is 2. The van der Waals surface area contributed by atoms with E-state index in [4.69, 9.17) is 0 Å². The third-order valence-electron chi connectivity index (χ3n) is 8.10. The van der Waals surface area contributed by atoms with Crippen LogP contribution < -0.4 is 4.90 Å². The van der Waals surface area contributed by atoms with E-state index in [2.05, 4.69) is 19.9 Å². The van der Waals surface area contributed by atoms with Crippen LogP contribution in [-0.4, -0.2) is 81.2 Å². The molecule has 10 nitrogen and oxygen atoms in total. The minimum atomic E-state index is -0.894. The number of pyridine rings is 1. The van der Waals surface area contributed by atoms with E-state index in [1.54, 1.807) is 11.9 Å². The molecule has 2 saturated carbocycles. The minimum Gasteiger partial charge on any atom is -0.507 e. The predicted molar refractivity (Wildman–Crippen MR) is 152 cm³/mol. The van der Waals surface area contributed by atoms with Crippen LogP contribution in [0.2, 0.25) is 0 Å². The van der Waals surface area contributed by atoms with Crippen molar-refractivity contribution in [1.82, 2.24) is 24.8 Å². The highest BCUT2D eigenvalue weighted by atomic mass is 19.1. The molecule has 0 radical (unpaired) electrons. The van der Waals surface area contributed by atoms with Crippen LogP contribution in [0, 0.1) is 11.6 Å². The third kappa shape index (κ3) is 4.94. The predicted octanol–water partition coefficient (Wildman–Crippen LogP) is 4.11. The highest BCUT2D eigenvalue weighted by Crippen LogP contribution is 2.50. The van der Waals surface area contributed by atoms with Gasteiger partial charge in [-0.25, -0.2) is 23.7 Å². The Bertz CT molecular complexity index is 1520. The SMILES string of the molecule is CN=C(c1cc(F)c(-c2c(O)cccc2F)nc1N(C=O)c1c(C2CC2)ncnc1C1CC1)N1CCN(C=O)CC1C. The number of amides is 2. The molecule has 1 aliphatic heterocycles. The normalized spacial score (nSPS) is 19.1. The van der Waals surface area contributed by atoms with Crippen molar-refractivity contribution in [2.24, 2.45) is 4.99 Å². The maximum absolute atomic E-state index is 16.0. The molecule has 2 aliphatic carbocycles. The van der Waals surface area contributed by atoms with Crippen LogP contribution in [0.1, 0.15) is 61.4 Å². The number of rotatable bonds is 8. The van der Waals surface area contributed by atoms with Crippen LogP contribution >= 0.6 is 0 Å². The van der Waals surface area contributed by atoms with Gasteiger partial charge >= 0.3 is 0 Å². The first-order valence-corrected chi connectivity index (χ1v) is 14.1. The maximum Gasteiger partial charge on any atom is 0.220 e. The van der Waals surface area contributed by atoms with Gasteiger partial charge in [0.2, 0.25) is 12.8 Å². The molecule has 1 atom stereocenters. The van der Waals surface area contributed by atoms with Gasteiger partial charge in [0, 0.05) is 44.6 Å². The molecular weight excluding hydrogens is 544 g/mol. The molecule has 3 aromatic rings. The van der Waals surface area contributed by atoms with Gasteiger partial charge in [-0.15, -0.1) is 0 Å². The largest absolute Gasteiger partial charge is 0.507 e. The van der Waals surface area contributed by atoms with E-state index in [1.807, 2.05) is 11.8 Å². The van der Waals surface area contributed by atoms with Gasteiger partial charge in [0.05, 0.1) is 28.2 Å². The molecule has 3 aliphatic rings. The monoisotopic (exact) mass is 575 g/mol. The molecule has 0 spiro atoms. The topological polar surface area (TPSA) is 115 Å². The molecule has 1 aromatic carbocycles. The fraction of sp³-hybridized carbons (Fsp3) is 0.400. The zero-order valence-corrected chi connectivity index (χ0v) is 23.4. The quantitative estimate of drug-likeness (QED) is 0.244. The lowest BCUT2D eigenvalue weighted by atomic mass is 10.0. The highest BCUT2D eigenvalue weighted by Gasteiger charge is 2.39. The van der Waals surface area contributed by atoms with Crippen LogP contribution in [0.5, 0.6) is 5.75 Å². The molecule has 6 rings (SSSR count). The van der Waals surface area contributed by atoms with Crippen LogP contribution in [0.3, 0.4) is 0 Å². The van der Waals surface area contributed by atoms with Crippen molar-refractivity contribution in [3.05, 3.63) is 59.2 Å². The fourth-order valence-corrected chi connectivity index (χ4v) is 5.72. The molecule has 2 amide bonds. The molecule has 42 heavy (non-hydrogen) atoms. The van der Waals surface area contributed by atoms with Crippen molar-refractivity contribution >= 4 is 30.2 Å². The second kappa shape index (κ2) is 11.1. The zero-order valence-electron chi connectivity index (χ0n) is 23.4. The van der Waals surface area contributed by atoms with Crippen LogP contribution in [0.25, 0.3) is 11.3 Å². The third-order valence-corrected chi connectivity index (χ3v) is 8.10. The number of piperazine rings is 1. The van der Waals surface area contributed by atoms with Gasteiger partial charge in [-0.2, -0.15) is 0 Å². The smallest absolute Gasteiger partial charge is 0.220 e. The zero-order chi connectivity index (χ0) is 29.5. The number of nitrogens with zero attached hydrogens (tertiary/aromatic N) is 7. The van der Waals surface area contributed by atoms with E-state index in [9.17, 15) is 14.7 Å². The summed E-state index contributed by atoms with van der Waals surface area (Å²) in [5, 5.41) is 10.5. The number of aromatic nitrogens is 3. The summed E-state index contributed by atoms with van der Waals surface area (Å²) in [7, 11) is 1.56. The van der Waals surface area contributed by atoms with Gasteiger partial charge in [0.1, 0.15) is 29.4 Å². The first-order valence-electron chi connectivity index (χ1n) is 14.1. The standard InChI is InChI=1S/C30H31F2N7O3/c1-17-13-37(15-40)10-11-38(17)29(33-2)20-12-22(32)27(24-21(31)4-3-5-23(24)42)36-30(20)39(16-41)28-25(18-6-7-18)34-14-35-26(28)19-8-9-19/h3-5,12,14-19,42H,6-11,13H2,1-2H3. The number of phenols is 1. The van der Waals surface area contributed by atoms with E-state index in [-0.39, 0.29) is 29.3 Å². The molecule has 2 aromatic heterocycles. The van der Waals surface area contributed by atoms with Gasteiger partial charge in [0.25, 0.3) is 0 Å². The lowest BCUT2D eigenvalue weighted by molar-refractivity contribution is -0.120. The number of aliphatic imine (C=N–C) groups is 1.